The Balaban J connectivity index is 2.29. The summed E-state index contributed by atoms with van der Waals surface area (Å²) in [4.78, 5) is 23.1. The highest BCUT2D eigenvalue weighted by atomic mass is 35.5. The van der Waals surface area contributed by atoms with E-state index >= 15 is 0 Å². The topological polar surface area (TPSA) is 84.2 Å². The zero-order valence-corrected chi connectivity index (χ0v) is 11.5. The quantitative estimate of drug-likeness (QED) is 0.679. The van der Waals surface area contributed by atoms with Crippen molar-refractivity contribution in [2.75, 3.05) is 13.1 Å². The van der Waals surface area contributed by atoms with Crippen molar-refractivity contribution in [1.82, 2.24) is 10.6 Å². The maximum atomic E-state index is 11.8. The molecule has 1 rings (SSSR count). The number of carbonyl (C=O) groups excluding carboxylic acids is 2. The average Bonchev–Trinajstić information content (AvgIpc) is 2.34. The van der Waals surface area contributed by atoms with Crippen molar-refractivity contribution >= 4 is 23.4 Å². The molecular weight excluding hydrogens is 266 g/mol. The molecule has 19 heavy (non-hydrogen) atoms. The van der Waals surface area contributed by atoms with E-state index < -0.39 is 0 Å². The largest absolute Gasteiger partial charge is 0.354 e. The number of rotatable bonds is 6. The summed E-state index contributed by atoms with van der Waals surface area (Å²) in [6.07, 6.45) is 0.276. The van der Waals surface area contributed by atoms with Crippen molar-refractivity contribution in [2.45, 2.75) is 19.4 Å². The molecular formula is C13H18ClN3O2. The number of amides is 2. The van der Waals surface area contributed by atoms with E-state index in [9.17, 15) is 9.59 Å². The Morgan fingerprint density at radius 3 is 2.53 bits per heavy atom. The van der Waals surface area contributed by atoms with Gasteiger partial charge in [-0.1, -0.05) is 23.7 Å². The fourth-order valence-electron chi connectivity index (χ4n) is 1.48. The zero-order chi connectivity index (χ0) is 14.3. The first kappa shape index (κ1) is 15.5. The van der Waals surface area contributed by atoms with Crippen molar-refractivity contribution in [3.05, 3.63) is 34.9 Å². The highest BCUT2D eigenvalue weighted by molar-refractivity contribution is 6.33. The zero-order valence-electron chi connectivity index (χ0n) is 10.8. The Kier molecular flexibility index (Phi) is 6.32. The van der Waals surface area contributed by atoms with E-state index in [1.807, 2.05) is 0 Å². The van der Waals surface area contributed by atoms with Crippen LogP contribution < -0.4 is 16.4 Å². The summed E-state index contributed by atoms with van der Waals surface area (Å²) in [7, 11) is 0. The molecule has 0 aromatic heterocycles. The van der Waals surface area contributed by atoms with Gasteiger partial charge in [0.2, 0.25) is 5.91 Å². The van der Waals surface area contributed by atoms with E-state index in [0.717, 1.165) is 0 Å². The van der Waals surface area contributed by atoms with E-state index in [1.54, 1.807) is 31.2 Å². The Morgan fingerprint density at radius 1 is 1.26 bits per heavy atom. The van der Waals surface area contributed by atoms with Gasteiger partial charge in [-0.2, -0.15) is 0 Å². The van der Waals surface area contributed by atoms with Gasteiger partial charge < -0.3 is 16.4 Å². The van der Waals surface area contributed by atoms with Crippen LogP contribution in [-0.4, -0.2) is 30.9 Å². The van der Waals surface area contributed by atoms with Gasteiger partial charge in [-0.05, 0) is 19.1 Å². The monoisotopic (exact) mass is 283 g/mol. The van der Waals surface area contributed by atoms with Crippen molar-refractivity contribution < 1.29 is 9.59 Å². The van der Waals surface area contributed by atoms with Gasteiger partial charge in [-0.3, -0.25) is 9.59 Å². The molecule has 0 heterocycles. The third-order valence-corrected chi connectivity index (χ3v) is 2.69. The average molecular weight is 284 g/mol. The number of hydrogen-bond donors (Lipinski definition) is 3. The first-order valence-electron chi connectivity index (χ1n) is 6.05. The standard InChI is InChI=1S/C13H18ClN3O2/c1-9(15)8-12(18)16-6-7-17-13(19)10-4-2-3-5-11(10)14/h2-5,9H,6-8,15H2,1H3,(H,16,18)(H,17,19). The molecule has 0 radical (unpaired) electrons. The Hall–Kier alpha value is -1.59. The number of nitrogens with two attached hydrogens (primary N) is 1. The summed E-state index contributed by atoms with van der Waals surface area (Å²) in [6.45, 7) is 2.47. The lowest BCUT2D eigenvalue weighted by Crippen LogP contribution is -2.36. The molecule has 1 aromatic rings. The van der Waals surface area contributed by atoms with E-state index in [4.69, 9.17) is 17.3 Å². The van der Waals surface area contributed by atoms with Gasteiger partial charge in [0.25, 0.3) is 5.91 Å². The molecule has 0 aliphatic heterocycles. The molecule has 1 atom stereocenters. The van der Waals surface area contributed by atoms with Gasteiger partial charge in [0.15, 0.2) is 0 Å². The number of benzene rings is 1. The number of carbonyl (C=O) groups is 2. The van der Waals surface area contributed by atoms with Crippen molar-refractivity contribution in [1.29, 1.82) is 0 Å². The van der Waals surface area contributed by atoms with Gasteiger partial charge >= 0.3 is 0 Å². The molecule has 6 heteroatoms. The fraction of sp³-hybridized carbons (Fsp3) is 0.385. The van der Waals surface area contributed by atoms with Crippen LogP contribution in [0.2, 0.25) is 5.02 Å². The molecule has 5 nitrogen and oxygen atoms in total. The maximum absolute atomic E-state index is 11.8. The van der Waals surface area contributed by atoms with E-state index in [0.29, 0.717) is 23.7 Å². The van der Waals surface area contributed by atoms with Crippen LogP contribution in [0.1, 0.15) is 23.7 Å². The van der Waals surface area contributed by atoms with Gasteiger partial charge in [0, 0.05) is 25.6 Å². The Labute approximate surface area is 117 Å². The second-order valence-electron chi connectivity index (χ2n) is 4.27. The van der Waals surface area contributed by atoms with Gasteiger partial charge in [0.1, 0.15) is 0 Å². The molecule has 0 saturated heterocycles. The molecule has 104 valence electrons. The van der Waals surface area contributed by atoms with Crippen molar-refractivity contribution in [3.8, 4) is 0 Å². The van der Waals surface area contributed by atoms with Gasteiger partial charge in [-0.15, -0.1) is 0 Å². The predicted molar refractivity (Wildman–Crippen MR) is 75.1 cm³/mol. The second kappa shape index (κ2) is 7.76. The smallest absolute Gasteiger partial charge is 0.252 e. The summed E-state index contributed by atoms with van der Waals surface area (Å²) in [5, 5.41) is 5.75. The third-order valence-electron chi connectivity index (χ3n) is 2.36. The molecule has 0 aliphatic rings. The van der Waals surface area contributed by atoms with Crippen LogP contribution in [0.15, 0.2) is 24.3 Å². The lowest BCUT2D eigenvalue weighted by atomic mass is 10.2. The molecule has 0 bridgehead atoms. The lowest BCUT2D eigenvalue weighted by Gasteiger charge is -2.09. The van der Waals surface area contributed by atoms with Crippen molar-refractivity contribution in [2.24, 2.45) is 5.73 Å². The summed E-state index contributed by atoms with van der Waals surface area (Å²) < 4.78 is 0. The molecule has 2 amide bonds. The molecule has 1 unspecified atom stereocenters. The minimum Gasteiger partial charge on any atom is -0.354 e. The molecule has 1 aromatic carbocycles. The van der Waals surface area contributed by atoms with E-state index in [-0.39, 0.29) is 24.3 Å². The van der Waals surface area contributed by atoms with Crippen LogP contribution in [-0.2, 0) is 4.79 Å². The number of halogens is 1. The first-order chi connectivity index (χ1) is 9.00. The van der Waals surface area contributed by atoms with Crippen LogP contribution in [0.5, 0.6) is 0 Å². The number of hydrogen-bond acceptors (Lipinski definition) is 3. The summed E-state index contributed by atoms with van der Waals surface area (Å²) >= 11 is 5.90. The maximum Gasteiger partial charge on any atom is 0.252 e. The van der Waals surface area contributed by atoms with Crippen molar-refractivity contribution in [3.63, 3.8) is 0 Å². The minimum atomic E-state index is -0.257. The van der Waals surface area contributed by atoms with Crippen LogP contribution in [0, 0.1) is 0 Å². The summed E-state index contributed by atoms with van der Waals surface area (Å²) in [5.74, 6) is -0.381. The summed E-state index contributed by atoms with van der Waals surface area (Å²) in [6, 6.07) is 6.63. The van der Waals surface area contributed by atoms with Crippen LogP contribution >= 0.6 is 11.6 Å². The fourth-order valence-corrected chi connectivity index (χ4v) is 1.70. The van der Waals surface area contributed by atoms with Crippen LogP contribution in [0.3, 0.4) is 0 Å². The highest BCUT2D eigenvalue weighted by Crippen LogP contribution is 2.14. The second-order valence-corrected chi connectivity index (χ2v) is 4.67. The van der Waals surface area contributed by atoms with E-state index in [2.05, 4.69) is 10.6 Å². The molecule has 0 fully saturated rings. The molecule has 0 saturated carbocycles. The molecule has 4 N–H and O–H groups in total. The van der Waals surface area contributed by atoms with E-state index in [1.165, 1.54) is 0 Å². The minimum absolute atomic E-state index is 0.123. The summed E-state index contributed by atoms with van der Waals surface area (Å²) in [5.41, 5.74) is 5.92. The van der Waals surface area contributed by atoms with Crippen LogP contribution in [0.25, 0.3) is 0 Å². The third kappa shape index (κ3) is 5.72. The van der Waals surface area contributed by atoms with Gasteiger partial charge in [0.05, 0.1) is 10.6 Å². The predicted octanol–water partition coefficient (Wildman–Crippen LogP) is 0.923. The lowest BCUT2D eigenvalue weighted by molar-refractivity contribution is -0.121. The number of nitrogens with one attached hydrogen (secondary N) is 2. The van der Waals surface area contributed by atoms with Gasteiger partial charge in [-0.25, -0.2) is 0 Å². The Morgan fingerprint density at radius 2 is 1.89 bits per heavy atom. The molecule has 0 aliphatic carbocycles. The molecule has 0 spiro atoms. The normalized spacial score (nSPS) is 11.7. The Bertz CT molecular complexity index is 449. The SMILES string of the molecule is CC(N)CC(=O)NCCNC(=O)c1ccccc1Cl. The first-order valence-corrected chi connectivity index (χ1v) is 6.43. The van der Waals surface area contributed by atoms with Crippen LogP contribution in [0.4, 0.5) is 0 Å². The highest BCUT2D eigenvalue weighted by Gasteiger charge is 2.09.